The van der Waals surface area contributed by atoms with Gasteiger partial charge in [-0.05, 0) is 19.3 Å². The molecule has 0 radical (unpaired) electrons. The molecule has 0 aromatic carbocycles. The third-order valence-electron chi connectivity index (χ3n) is 2.28. The Morgan fingerprint density at radius 2 is 2.09 bits per heavy atom. The van der Waals surface area contributed by atoms with E-state index in [4.69, 9.17) is 9.47 Å². The van der Waals surface area contributed by atoms with E-state index in [-0.39, 0.29) is 6.10 Å². The fraction of sp³-hybridized carbons (Fsp3) is 0.778. The highest BCUT2D eigenvalue weighted by Crippen LogP contribution is 2.20. The zero-order valence-corrected chi connectivity index (χ0v) is 6.66. The molecule has 1 fully saturated rings. The third kappa shape index (κ3) is 1.63. The summed E-state index contributed by atoms with van der Waals surface area (Å²) in [5, 5.41) is 0. The molecule has 1 heterocycles. The van der Waals surface area contributed by atoms with Crippen LogP contribution in [0.5, 0.6) is 0 Å². The average Bonchev–Trinajstić information content (AvgIpc) is 2.28. The van der Waals surface area contributed by atoms with Gasteiger partial charge in [0, 0.05) is 0 Å². The van der Waals surface area contributed by atoms with Crippen molar-refractivity contribution in [2.24, 2.45) is 0 Å². The molecule has 2 atom stereocenters. The Kier molecular flexibility index (Phi) is 2.24. The van der Waals surface area contributed by atoms with Gasteiger partial charge < -0.3 is 9.47 Å². The molecule has 11 heavy (non-hydrogen) atoms. The number of fused-ring (bicyclic) bond motifs is 1. The van der Waals surface area contributed by atoms with Crippen LogP contribution in [0, 0.1) is 0 Å². The molecule has 1 saturated heterocycles. The Hall–Kier alpha value is -0.340. The summed E-state index contributed by atoms with van der Waals surface area (Å²) in [6.07, 6.45) is 8.50. The number of hydrogen-bond acceptors (Lipinski definition) is 2. The molecule has 0 N–H and O–H groups in total. The monoisotopic (exact) mass is 154 g/mol. The minimum atomic E-state index is 0.242. The van der Waals surface area contributed by atoms with Crippen molar-refractivity contribution in [3.63, 3.8) is 0 Å². The van der Waals surface area contributed by atoms with E-state index in [1.807, 2.05) is 0 Å². The Morgan fingerprint density at radius 1 is 1.18 bits per heavy atom. The van der Waals surface area contributed by atoms with Crippen molar-refractivity contribution >= 4 is 0 Å². The molecule has 0 saturated carbocycles. The lowest BCUT2D eigenvalue weighted by molar-refractivity contribution is -0.122. The van der Waals surface area contributed by atoms with Gasteiger partial charge in [-0.1, -0.05) is 12.2 Å². The van der Waals surface area contributed by atoms with Crippen molar-refractivity contribution in [1.82, 2.24) is 0 Å². The van der Waals surface area contributed by atoms with Gasteiger partial charge in [0.05, 0.1) is 19.3 Å². The second-order valence-electron chi connectivity index (χ2n) is 3.10. The first kappa shape index (κ1) is 7.32. The molecule has 0 bridgehead atoms. The van der Waals surface area contributed by atoms with Crippen LogP contribution in [-0.2, 0) is 9.47 Å². The predicted octanol–water partition coefficient (Wildman–Crippen LogP) is 1.51. The maximum Gasteiger partial charge on any atom is 0.102 e. The van der Waals surface area contributed by atoms with E-state index in [2.05, 4.69) is 12.2 Å². The molecule has 2 heteroatoms. The predicted molar refractivity (Wildman–Crippen MR) is 42.5 cm³/mol. The summed E-state index contributed by atoms with van der Waals surface area (Å²) in [5.74, 6) is 0. The minimum Gasteiger partial charge on any atom is -0.373 e. The quantitative estimate of drug-likeness (QED) is 0.492. The molecule has 2 unspecified atom stereocenters. The number of allylic oxidation sites excluding steroid dienone is 1. The number of ether oxygens (including phenoxy) is 2. The lowest BCUT2D eigenvalue weighted by Gasteiger charge is -2.28. The zero-order chi connectivity index (χ0) is 7.52. The lowest BCUT2D eigenvalue weighted by Crippen LogP contribution is -2.36. The molecule has 2 rings (SSSR count). The van der Waals surface area contributed by atoms with Crippen LogP contribution >= 0.6 is 0 Å². The van der Waals surface area contributed by atoms with Crippen LogP contribution < -0.4 is 0 Å². The zero-order valence-electron chi connectivity index (χ0n) is 6.66. The second-order valence-corrected chi connectivity index (χ2v) is 3.10. The van der Waals surface area contributed by atoms with E-state index in [9.17, 15) is 0 Å². The van der Waals surface area contributed by atoms with Gasteiger partial charge in [-0.3, -0.25) is 0 Å². The third-order valence-corrected chi connectivity index (χ3v) is 2.28. The largest absolute Gasteiger partial charge is 0.373 e. The lowest BCUT2D eigenvalue weighted by atomic mass is 10.1. The molecular formula is C9H14O2. The fourth-order valence-corrected chi connectivity index (χ4v) is 1.68. The summed E-state index contributed by atoms with van der Waals surface area (Å²) in [6, 6.07) is 0. The summed E-state index contributed by atoms with van der Waals surface area (Å²) < 4.78 is 11.1. The SMILES string of the molecule is C1=CC2OCCOC2CCC1. The second kappa shape index (κ2) is 3.37. The van der Waals surface area contributed by atoms with Crippen LogP contribution in [0.2, 0.25) is 0 Å². The molecule has 1 aliphatic heterocycles. The highest BCUT2D eigenvalue weighted by Gasteiger charge is 2.25. The molecule has 2 aliphatic rings. The molecule has 62 valence electrons. The van der Waals surface area contributed by atoms with Gasteiger partial charge in [0.1, 0.15) is 6.10 Å². The van der Waals surface area contributed by atoms with Gasteiger partial charge in [-0.25, -0.2) is 0 Å². The number of hydrogen-bond donors (Lipinski definition) is 0. The number of rotatable bonds is 0. The van der Waals surface area contributed by atoms with E-state index in [0.717, 1.165) is 19.6 Å². The Morgan fingerprint density at radius 3 is 3.09 bits per heavy atom. The molecule has 0 aromatic heterocycles. The summed E-state index contributed by atoms with van der Waals surface area (Å²) in [7, 11) is 0. The van der Waals surface area contributed by atoms with Crippen LogP contribution in [0.1, 0.15) is 19.3 Å². The molecular weight excluding hydrogens is 140 g/mol. The molecule has 0 spiro atoms. The Bertz CT molecular complexity index is 154. The molecule has 0 amide bonds. The van der Waals surface area contributed by atoms with Gasteiger partial charge in [0.25, 0.3) is 0 Å². The van der Waals surface area contributed by atoms with E-state index < -0.39 is 0 Å². The van der Waals surface area contributed by atoms with Crippen LogP contribution in [0.15, 0.2) is 12.2 Å². The fourth-order valence-electron chi connectivity index (χ4n) is 1.68. The molecule has 2 nitrogen and oxygen atoms in total. The van der Waals surface area contributed by atoms with E-state index >= 15 is 0 Å². The van der Waals surface area contributed by atoms with Gasteiger partial charge in [0.15, 0.2) is 0 Å². The normalized spacial score (nSPS) is 37.8. The standard InChI is InChI=1S/C9H14O2/c1-2-4-8-9(5-3-1)11-7-6-10-8/h2,4,8-9H,1,3,5-7H2. The van der Waals surface area contributed by atoms with Crippen LogP contribution in [0.3, 0.4) is 0 Å². The van der Waals surface area contributed by atoms with Crippen molar-refractivity contribution in [3.05, 3.63) is 12.2 Å². The van der Waals surface area contributed by atoms with Crippen LogP contribution in [0.4, 0.5) is 0 Å². The van der Waals surface area contributed by atoms with E-state index in [0.29, 0.717) is 6.10 Å². The first-order chi connectivity index (χ1) is 5.47. The highest BCUT2D eigenvalue weighted by atomic mass is 16.6. The summed E-state index contributed by atoms with van der Waals surface area (Å²) in [4.78, 5) is 0. The maximum absolute atomic E-state index is 5.59. The summed E-state index contributed by atoms with van der Waals surface area (Å²) >= 11 is 0. The maximum atomic E-state index is 5.59. The first-order valence-electron chi connectivity index (χ1n) is 4.37. The molecule has 1 aliphatic carbocycles. The van der Waals surface area contributed by atoms with E-state index in [1.165, 1.54) is 12.8 Å². The average molecular weight is 154 g/mol. The van der Waals surface area contributed by atoms with Gasteiger partial charge in [-0.15, -0.1) is 0 Å². The summed E-state index contributed by atoms with van der Waals surface area (Å²) in [5.41, 5.74) is 0. The Balaban J connectivity index is 2.02. The topological polar surface area (TPSA) is 18.5 Å². The van der Waals surface area contributed by atoms with Crippen molar-refractivity contribution in [2.75, 3.05) is 13.2 Å². The van der Waals surface area contributed by atoms with Crippen molar-refractivity contribution in [3.8, 4) is 0 Å². The van der Waals surface area contributed by atoms with Crippen molar-refractivity contribution in [1.29, 1.82) is 0 Å². The highest BCUT2D eigenvalue weighted by molar-refractivity contribution is 4.97. The first-order valence-corrected chi connectivity index (χ1v) is 4.37. The summed E-state index contributed by atoms with van der Waals surface area (Å²) in [6.45, 7) is 1.53. The molecule has 0 aromatic rings. The van der Waals surface area contributed by atoms with Gasteiger partial charge >= 0.3 is 0 Å². The van der Waals surface area contributed by atoms with Crippen LogP contribution in [0.25, 0.3) is 0 Å². The smallest absolute Gasteiger partial charge is 0.102 e. The van der Waals surface area contributed by atoms with Crippen molar-refractivity contribution < 1.29 is 9.47 Å². The minimum absolute atomic E-state index is 0.242. The van der Waals surface area contributed by atoms with E-state index in [1.54, 1.807) is 0 Å². The van der Waals surface area contributed by atoms with Crippen LogP contribution in [-0.4, -0.2) is 25.4 Å². The van der Waals surface area contributed by atoms with Gasteiger partial charge in [-0.2, -0.15) is 0 Å². The van der Waals surface area contributed by atoms with Crippen molar-refractivity contribution in [2.45, 2.75) is 31.5 Å². The Labute approximate surface area is 67.2 Å². The van der Waals surface area contributed by atoms with Gasteiger partial charge in [0.2, 0.25) is 0 Å².